The first-order valence-corrected chi connectivity index (χ1v) is 7.22. The van der Waals surface area contributed by atoms with Gasteiger partial charge in [0.05, 0.1) is 18.3 Å². The molecule has 1 aromatic rings. The summed E-state index contributed by atoms with van der Waals surface area (Å²) in [5.74, 6) is 0.647. The van der Waals surface area contributed by atoms with Crippen molar-refractivity contribution < 1.29 is 14.3 Å². The minimum Gasteiger partial charge on any atom is -0.477 e. The molecule has 0 aliphatic carbocycles. The number of carbonyl (C=O) groups excluding carboxylic acids is 1. The van der Waals surface area contributed by atoms with Crippen LogP contribution in [0.15, 0.2) is 24.3 Å². The van der Waals surface area contributed by atoms with Gasteiger partial charge in [-0.05, 0) is 31.4 Å². The molecule has 2 heterocycles. The number of para-hydroxylation sites is 2. The van der Waals surface area contributed by atoms with Crippen LogP contribution < -0.4 is 15.4 Å². The van der Waals surface area contributed by atoms with Gasteiger partial charge in [-0.2, -0.15) is 0 Å². The Morgan fingerprint density at radius 2 is 2.25 bits per heavy atom. The van der Waals surface area contributed by atoms with Gasteiger partial charge in [0.15, 0.2) is 6.10 Å². The van der Waals surface area contributed by atoms with Crippen molar-refractivity contribution in [2.75, 3.05) is 25.0 Å². The molecule has 0 bridgehead atoms. The van der Waals surface area contributed by atoms with Crippen LogP contribution in [0.3, 0.4) is 0 Å². The lowest BCUT2D eigenvalue weighted by Gasteiger charge is -2.28. The third-order valence-corrected chi connectivity index (χ3v) is 3.70. The summed E-state index contributed by atoms with van der Waals surface area (Å²) in [6.07, 6.45) is 2.99. The molecule has 0 spiro atoms. The summed E-state index contributed by atoms with van der Waals surface area (Å²) >= 11 is 0. The smallest absolute Gasteiger partial charge is 0.263 e. The molecule has 2 unspecified atom stereocenters. The van der Waals surface area contributed by atoms with Gasteiger partial charge in [0.2, 0.25) is 0 Å². The molecule has 2 aliphatic rings. The van der Waals surface area contributed by atoms with Gasteiger partial charge in [-0.25, -0.2) is 0 Å². The molecule has 5 nitrogen and oxygen atoms in total. The maximum atomic E-state index is 12.1. The van der Waals surface area contributed by atoms with Crippen molar-refractivity contribution in [1.29, 1.82) is 0 Å². The Morgan fingerprint density at radius 3 is 3.10 bits per heavy atom. The first-order valence-electron chi connectivity index (χ1n) is 7.22. The third kappa shape index (κ3) is 3.04. The lowest BCUT2D eigenvalue weighted by molar-refractivity contribution is -0.128. The van der Waals surface area contributed by atoms with Crippen molar-refractivity contribution in [2.45, 2.75) is 31.5 Å². The van der Waals surface area contributed by atoms with Crippen LogP contribution in [0.4, 0.5) is 5.69 Å². The number of benzene rings is 1. The largest absolute Gasteiger partial charge is 0.477 e. The molecule has 0 radical (unpaired) electrons. The number of hydrogen-bond donors (Lipinski definition) is 2. The molecule has 108 valence electrons. The number of hydrogen-bond acceptors (Lipinski definition) is 4. The van der Waals surface area contributed by atoms with E-state index in [1.54, 1.807) is 0 Å². The molecule has 5 heteroatoms. The highest BCUT2D eigenvalue weighted by Gasteiger charge is 2.26. The van der Waals surface area contributed by atoms with Crippen LogP contribution in [0.5, 0.6) is 5.75 Å². The maximum Gasteiger partial charge on any atom is 0.263 e. The van der Waals surface area contributed by atoms with Crippen LogP contribution in [0, 0.1) is 0 Å². The van der Waals surface area contributed by atoms with Gasteiger partial charge in [0, 0.05) is 13.2 Å². The number of amides is 1. The number of rotatable bonds is 3. The van der Waals surface area contributed by atoms with Crippen molar-refractivity contribution in [3.05, 3.63) is 24.3 Å². The minimum atomic E-state index is -0.478. The molecule has 0 saturated carbocycles. The van der Waals surface area contributed by atoms with Crippen LogP contribution >= 0.6 is 0 Å². The van der Waals surface area contributed by atoms with Gasteiger partial charge in [-0.3, -0.25) is 4.79 Å². The summed E-state index contributed by atoms with van der Waals surface area (Å²) in [4.78, 5) is 12.1. The van der Waals surface area contributed by atoms with Crippen LogP contribution in [-0.2, 0) is 9.53 Å². The van der Waals surface area contributed by atoms with Crippen LogP contribution in [0.25, 0.3) is 0 Å². The number of nitrogens with one attached hydrogen (secondary N) is 2. The van der Waals surface area contributed by atoms with Crippen molar-refractivity contribution in [3.8, 4) is 5.75 Å². The fourth-order valence-electron chi connectivity index (χ4n) is 2.56. The second-order valence-electron chi connectivity index (χ2n) is 5.22. The van der Waals surface area contributed by atoms with E-state index in [0.29, 0.717) is 13.1 Å². The van der Waals surface area contributed by atoms with Crippen LogP contribution in [-0.4, -0.2) is 37.8 Å². The molecule has 2 atom stereocenters. The van der Waals surface area contributed by atoms with E-state index in [1.165, 1.54) is 6.42 Å². The van der Waals surface area contributed by atoms with Crippen molar-refractivity contribution >= 4 is 11.6 Å². The van der Waals surface area contributed by atoms with E-state index in [9.17, 15) is 4.79 Å². The molecule has 20 heavy (non-hydrogen) atoms. The summed E-state index contributed by atoms with van der Waals surface area (Å²) in [5, 5.41) is 6.14. The summed E-state index contributed by atoms with van der Waals surface area (Å²) < 4.78 is 11.3. The Hall–Kier alpha value is -1.75. The van der Waals surface area contributed by atoms with Gasteiger partial charge >= 0.3 is 0 Å². The number of anilines is 1. The minimum absolute atomic E-state index is 0.0822. The zero-order valence-corrected chi connectivity index (χ0v) is 11.4. The molecule has 0 aromatic heterocycles. The standard InChI is InChI=1S/C15H20N2O3/c18-15(17-9-11-5-3-4-8-19-11)14-10-16-12-6-1-2-7-13(12)20-14/h1-2,6-7,11,14,16H,3-5,8-10H2,(H,17,18). The van der Waals surface area contributed by atoms with E-state index < -0.39 is 6.10 Å². The monoisotopic (exact) mass is 276 g/mol. The Morgan fingerprint density at radius 1 is 1.35 bits per heavy atom. The molecular formula is C15H20N2O3. The van der Waals surface area contributed by atoms with E-state index in [4.69, 9.17) is 9.47 Å². The fraction of sp³-hybridized carbons (Fsp3) is 0.533. The van der Waals surface area contributed by atoms with Crippen LogP contribution in [0.1, 0.15) is 19.3 Å². The van der Waals surface area contributed by atoms with Crippen molar-refractivity contribution in [3.63, 3.8) is 0 Å². The summed E-state index contributed by atoms with van der Waals surface area (Å²) in [5.41, 5.74) is 0.937. The Labute approximate surface area is 118 Å². The average molecular weight is 276 g/mol. The normalized spacial score (nSPS) is 25.0. The van der Waals surface area contributed by atoms with E-state index >= 15 is 0 Å². The van der Waals surface area contributed by atoms with Gasteiger partial charge in [-0.1, -0.05) is 12.1 Å². The van der Waals surface area contributed by atoms with E-state index in [1.807, 2.05) is 24.3 Å². The second kappa shape index (κ2) is 6.13. The summed E-state index contributed by atoms with van der Waals surface area (Å²) in [6.45, 7) is 1.87. The Bertz CT molecular complexity index is 472. The second-order valence-corrected chi connectivity index (χ2v) is 5.22. The first-order chi connectivity index (χ1) is 9.83. The van der Waals surface area contributed by atoms with Crippen LogP contribution in [0.2, 0.25) is 0 Å². The summed E-state index contributed by atoms with van der Waals surface area (Å²) in [6, 6.07) is 7.65. The zero-order chi connectivity index (χ0) is 13.8. The molecular weight excluding hydrogens is 256 g/mol. The quantitative estimate of drug-likeness (QED) is 0.879. The molecule has 1 saturated heterocycles. The van der Waals surface area contributed by atoms with Gasteiger partial charge in [0.1, 0.15) is 5.75 Å². The average Bonchev–Trinajstić information content (AvgIpc) is 2.53. The predicted octanol–water partition coefficient (Wildman–Crippen LogP) is 1.54. The zero-order valence-electron chi connectivity index (χ0n) is 11.4. The lowest BCUT2D eigenvalue weighted by atomic mass is 10.1. The highest BCUT2D eigenvalue weighted by atomic mass is 16.5. The summed E-state index contributed by atoms with van der Waals surface area (Å²) in [7, 11) is 0. The number of fused-ring (bicyclic) bond motifs is 1. The number of ether oxygens (including phenoxy) is 2. The lowest BCUT2D eigenvalue weighted by Crippen LogP contribution is -2.47. The molecule has 1 amide bonds. The Balaban J connectivity index is 1.51. The van der Waals surface area contributed by atoms with E-state index in [-0.39, 0.29) is 12.0 Å². The SMILES string of the molecule is O=C(NCC1CCCCO1)C1CNc2ccccc2O1. The molecule has 1 fully saturated rings. The van der Waals surface area contributed by atoms with Gasteiger partial charge in [0.25, 0.3) is 5.91 Å². The third-order valence-electron chi connectivity index (χ3n) is 3.70. The molecule has 2 N–H and O–H groups in total. The predicted molar refractivity (Wildman–Crippen MR) is 75.9 cm³/mol. The highest BCUT2D eigenvalue weighted by molar-refractivity contribution is 5.83. The fourth-order valence-corrected chi connectivity index (χ4v) is 2.56. The van der Waals surface area contributed by atoms with Gasteiger partial charge < -0.3 is 20.1 Å². The maximum absolute atomic E-state index is 12.1. The topological polar surface area (TPSA) is 59.6 Å². The Kier molecular flexibility index (Phi) is 4.06. The van der Waals surface area contributed by atoms with Crippen molar-refractivity contribution in [2.24, 2.45) is 0 Å². The van der Waals surface area contributed by atoms with Gasteiger partial charge in [-0.15, -0.1) is 0 Å². The van der Waals surface area contributed by atoms with Crippen molar-refractivity contribution in [1.82, 2.24) is 5.32 Å². The molecule has 1 aromatic carbocycles. The number of carbonyl (C=O) groups is 1. The highest BCUT2D eigenvalue weighted by Crippen LogP contribution is 2.28. The van der Waals surface area contributed by atoms with E-state index in [0.717, 1.165) is 30.9 Å². The molecule has 3 rings (SSSR count). The molecule has 2 aliphatic heterocycles. The van der Waals surface area contributed by atoms with E-state index in [2.05, 4.69) is 10.6 Å². The first kappa shape index (κ1) is 13.2.